The summed E-state index contributed by atoms with van der Waals surface area (Å²) in [5, 5.41) is 0.354. The van der Waals surface area contributed by atoms with Crippen molar-refractivity contribution in [2.45, 2.75) is 12.5 Å². The van der Waals surface area contributed by atoms with E-state index in [1.807, 2.05) is 0 Å². The van der Waals surface area contributed by atoms with Crippen molar-refractivity contribution >= 4 is 11.6 Å². The van der Waals surface area contributed by atoms with Gasteiger partial charge in [-0.15, -0.1) is 0 Å². The lowest BCUT2D eigenvalue weighted by molar-refractivity contribution is 0.393. The normalized spacial score (nSPS) is 12.2. The zero-order valence-corrected chi connectivity index (χ0v) is 11.6. The molecule has 3 N–H and O–H groups in total. The molecule has 1 atom stereocenters. The Labute approximate surface area is 120 Å². The Hall–Kier alpha value is -1.76. The van der Waals surface area contributed by atoms with Crippen LogP contribution in [-0.2, 0) is 6.42 Å². The SMILES string of the molecule is COc1cc(C(Cc2ccc(Cl)cc2F)NN)ncn1. The van der Waals surface area contributed by atoms with E-state index >= 15 is 0 Å². The van der Waals surface area contributed by atoms with E-state index in [9.17, 15) is 4.39 Å². The molecule has 7 heteroatoms. The van der Waals surface area contributed by atoms with Crippen molar-refractivity contribution < 1.29 is 9.13 Å². The van der Waals surface area contributed by atoms with Gasteiger partial charge in [0.15, 0.2) is 0 Å². The number of hydrazine groups is 1. The smallest absolute Gasteiger partial charge is 0.216 e. The van der Waals surface area contributed by atoms with Crippen molar-refractivity contribution in [3.8, 4) is 5.88 Å². The van der Waals surface area contributed by atoms with Gasteiger partial charge in [0.25, 0.3) is 0 Å². The molecule has 0 bridgehead atoms. The van der Waals surface area contributed by atoms with E-state index in [0.29, 0.717) is 28.6 Å². The van der Waals surface area contributed by atoms with E-state index in [1.165, 1.54) is 19.5 Å². The Bertz CT molecular complexity index is 596. The molecule has 0 aliphatic carbocycles. The second-order valence-electron chi connectivity index (χ2n) is 4.14. The molecule has 20 heavy (non-hydrogen) atoms. The topological polar surface area (TPSA) is 73.1 Å². The van der Waals surface area contributed by atoms with Gasteiger partial charge in [-0.3, -0.25) is 11.3 Å². The first-order chi connectivity index (χ1) is 9.63. The molecule has 2 aromatic rings. The predicted octanol–water partition coefficient (Wildman–Crippen LogP) is 2.02. The summed E-state index contributed by atoms with van der Waals surface area (Å²) in [7, 11) is 1.51. The first-order valence-corrected chi connectivity index (χ1v) is 6.28. The third kappa shape index (κ3) is 3.41. The lowest BCUT2D eigenvalue weighted by Gasteiger charge is -2.16. The van der Waals surface area contributed by atoms with Gasteiger partial charge in [-0.05, 0) is 24.1 Å². The second-order valence-corrected chi connectivity index (χ2v) is 4.58. The summed E-state index contributed by atoms with van der Waals surface area (Å²) in [4.78, 5) is 8.04. The van der Waals surface area contributed by atoms with Crippen LogP contribution in [0, 0.1) is 5.82 Å². The molecule has 2 rings (SSSR count). The van der Waals surface area contributed by atoms with E-state index in [2.05, 4.69) is 15.4 Å². The number of aromatic nitrogens is 2. The summed E-state index contributed by atoms with van der Waals surface area (Å²) >= 11 is 5.73. The third-order valence-electron chi connectivity index (χ3n) is 2.87. The number of nitrogens with zero attached hydrogens (tertiary/aromatic N) is 2. The van der Waals surface area contributed by atoms with E-state index in [4.69, 9.17) is 22.2 Å². The number of nitrogens with one attached hydrogen (secondary N) is 1. The maximum absolute atomic E-state index is 13.8. The maximum Gasteiger partial charge on any atom is 0.216 e. The molecule has 1 heterocycles. The summed E-state index contributed by atoms with van der Waals surface area (Å²) in [6, 6.07) is 5.82. The Morgan fingerprint density at radius 2 is 2.20 bits per heavy atom. The third-order valence-corrected chi connectivity index (χ3v) is 3.10. The average molecular weight is 297 g/mol. The van der Waals surface area contributed by atoms with Crippen LogP contribution in [0.1, 0.15) is 17.3 Å². The van der Waals surface area contributed by atoms with Crippen LogP contribution in [0.25, 0.3) is 0 Å². The van der Waals surface area contributed by atoms with Gasteiger partial charge in [-0.2, -0.15) is 0 Å². The van der Waals surface area contributed by atoms with E-state index in [0.717, 1.165) is 0 Å². The highest BCUT2D eigenvalue weighted by atomic mass is 35.5. The minimum Gasteiger partial charge on any atom is -0.481 e. The Morgan fingerprint density at radius 3 is 2.85 bits per heavy atom. The predicted molar refractivity (Wildman–Crippen MR) is 73.8 cm³/mol. The van der Waals surface area contributed by atoms with Crippen LogP contribution in [0.4, 0.5) is 4.39 Å². The number of nitrogens with two attached hydrogens (primary N) is 1. The number of benzene rings is 1. The van der Waals surface area contributed by atoms with Crippen LogP contribution in [-0.4, -0.2) is 17.1 Å². The van der Waals surface area contributed by atoms with Gasteiger partial charge in [0.1, 0.15) is 12.1 Å². The molecule has 0 aliphatic rings. The van der Waals surface area contributed by atoms with Crippen LogP contribution >= 0.6 is 11.6 Å². The maximum atomic E-state index is 13.8. The van der Waals surface area contributed by atoms with Gasteiger partial charge < -0.3 is 4.74 Å². The molecule has 1 unspecified atom stereocenters. The van der Waals surface area contributed by atoms with Crippen molar-refractivity contribution in [1.29, 1.82) is 0 Å². The molecular formula is C13H14ClFN4O. The van der Waals surface area contributed by atoms with Crippen molar-refractivity contribution in [2.24, 2.45) is 5.84 Å². The minimum absolute atomic E-state index is 0.333. The molecule has 0 fully saturated rings. The van der Waals surface area contributed by atoms with Gasteiger partial charge in [0.05, 0.1) is 18.8 Å². The van der Waals surface area contributed by atoms with Gasteiger partial charge >= 0.3 is 0 Å². The highest BCUT2D eigenvalue weighted by Crippen LogP contribution is 2.22. The van der Waals surface area contributed by atoms with Crippen molar-refractivity contribution in [3.05, 3.63) is 52.7 Å². The zero-order valence-electron chi connectivity index (χ0n) is 10.8. The van der Waals surface area contributed by atoms with E-state index < -0.39 is 0 Å². The van der Waals surface area contributed by atoms with E-state index in [1.54, 1.807) is 18.2 Å². The Kier molecular flexibility index (Phi) is 4.84. The molecule has 0 amide bonds. The minimum atomic E-state index is -0.376. The molecule has 0 radical (unpaired) electrons. The fraction of sp³-hybridized carbons (Fsp3) is 0.231. The number of ether oxygens (including phenoxy) is 1. The molecule has 0 saturated heterocycles. The van der Waals surface area contributed by atoms with Gasteiger partial charge in [0.2, 0.25) is 5.88 Å². The van der Waals surface area contributed by atoms with Gasteiger partial charge in [-0.1, -0.05) is 17.7 Å². The van der Waals surface area contributed by atoms with Gasteiger partial charge in [0, 0.05) is 11.1 Å². The summed E-state index contributed by atoms with van der Waals surface area (Å²) in [5.74, 6) is 5.57. The highest BCUT2D eigenvalue weighted by Gasteiger charge is 2.15. The van der Waals surface area contributed by atoms with E-state index in [-0.39, 0.29) is 11.9 Å². The summed E-state index contributed by atoms with van der Waals surface area (Å²) in [5.41, 5.74) is 3.73. The number of hydrogen-bond donors (Lipinski definition) is 2. The van der Waals surface area contributed by atoms with Gasteiger partial charge in [-0.25, -0.2) is 14.4 Å². The number of methoxy groups -OCH3 is 1. The molecule has 106 valence electrons. The van der Waals surface area contributed by atoms with Crippen LogP contribution < -0.4 is 16.0 Å². The Balaban J connectivity index is 2.23. The standard InChI is InChI=1S/C13H14ClFN4O/c1-20-13-6-11(17-7-18-13)12(19-16)4-8-2-3-9(14)5-10(8)15/h2-3,5-7,12,19H,4,16H2,1H3. The van der Waals surface area contributed by atoms with Crippen LogP contribution in [0.15, 0.2) is 30.6 Å². The summed E-state index contributed by atoms with van der Waals surface area (Å²) in [6.45, 7) is 0. The quantitative estimate of drug-likeness (QED) is 0.652. The molecule has 5 nitrogen and oxygen atoms in total. The average Bonchev–Trinajstić information content (AvgIpc) is 2.46. The molecule has 0 aliphatic heterocycles. The molecule has 1 aromatic heterocycles. The Morgan fingerprint density at radius 1 is 1.40 bits per heavy atom. The van der Waals surface area contributed by atoms with Crippen molar-refractivity contribution in [2.75, 3.05) is 7.11 Å². The molecule has 1 aromatic carbocycles. The lowest BCUT2D eigenvalue weighted by atomic mass is 10.0. The van der Waals surface area contributed by atoms with Crippen LogP contribution in [0.2, 0.25) is 5.02 Å². The fourth-order valence-corrected chi connectivity index (χ4v) is 1.97. The van der Waals surface area contributed by atoms with Crippen molar-refractivity contribution in [3.63, 3.8) is 0 Å². The molecule has 0 spiro atoms. The van der Waals surface area contributed by atoms with Crippen LogP contribution in [0.3, 0.4) is 0 Å². The summed E-state index contributed by atoms with van der Waals surface area (Å²) in [6.07, 6.45) is 1.70. The number of rotatable bonds is 5. The van der Waals surface area contributed by atoms with Crippen LogP contribution in [0.5, 0.6) is 5.88 Å². The lowest BCUT2D eigenvalue weighted by Crippen LogP contribution is -2.30. The highest BCUT2D eigenvalue weighted by molar-refractivity contribution is 6.30. The fourth-order valence-electron chi connectivity index (χ4n) is 1.81. The first kappa shape index (κ1) is 14.6. The molecule has 0 saturated carbocycles. The monoisotopic (exact) mass is 296 g/mol. The van der Waals surface area contributed by atoms with Crippen molar-refractivity contribution in [1.82, 2.24) is 15.4 Å². The number of hydrogen-bond acceptors (Lipinski definition) is 5. The summed E-state index contributed by atoms with van der Waals surface area (Å²) < 4.78 is 18.8. The molecular weight excluding hydrogens is 283 g/mol. The second kappa shape index (κ2) is 6.60. The largest absolute Gasteiger partial charge is 0.481 e. The number of halogens is 2. The zero-order chi connectivity index (χ0) is 14.5. The first-order valence-electron chi connectivity index (χ1n) is 5.90.